The van der Waals surface area contributed by atoms with Gasteiger partial charge in [-0.2, -0.15) is 10.2 Å². The van der Waals surface area contributed by atoms with E-state index >= 15 is 0 Å². The first kappa shape index (κ1) is 32.0. The molecule has 0 saturated carbocycles. The molecule has 0 saturated heterocycles. The Labute approximate surface area is 311 Å². The Balaban J connectivity index is 0.896. The number of aryl methyl sites for hydroxylation is 1. The van der Waals surface area contributed by atoms with Crippen LogP contribution in [0.5, 0.6) is 0 Å². The minimum Gasteiger partial charge on any atom is -0.352 e. The molecule has 0 atom stereocenters. The lowest BCUT2D eigenvalue weighted by molar-refractivity contribution is 0.0980. The number of hydrogen-bond acceptors (Lipinski definition) is 9. The molecule has 0 spiro atoms. The molecule has 13 heteroatoms. The van der Waals surface area contributed by atoms with Gasteiger partial charge in [0.05, 0.1) is 52.3 Å². The number of pyridine rings is 3. The number of rotatable bonds is 9. The fourth-order valence-corrected chi connectivity index (χ4v) is 7.10. The summed E-state index contributed by atoms with van der Waals surface area (Å²) in [7, 11) is 0. The summed E-state index contributed by atoms with van der Waals surface area (Å²) in [6.45, 7) is 1.80. The number of aromatic amines is 4. The molecule has 0 fully saturated rings. The lowest BCUT2D eigenvalue weighted by atomic mass is 10.1. The van der Waals surface area contributed by atoms with Crippen molar-refractivity contribution in [3.63, 3.8) is 0 Å². The van der Waals surface area contributed by atoms with E-state index in [1.165, 1.54) is 0 Å². The molecule has 4 N–H and O–H groups in total. The lowest BCUT2D eigenvalue weighted by Crippen LogP contribution is -2.06. The van der Waals surface area contributed by atoms with E-state index in [0.29, 0.717) is 40.0 Å². The van der Waals surface area contributed by atoms with Crippen molar-refractivity contribution in [2.45, 2.75) is 19.8 Å². The van der Waals surface area contributed by atoms with Crippen LogP contribution in [0.4, 0.5) is 0 Å². The van der Waals surface area contributed by atoms with Crippen LogP contribution in [0.2, 0.25) is 0 Å². The highest BCUT2D eigenvalue weighted by Crippen LogP contribution is 2.33. The van der Waals surface area contributed by atoms with E-state index in [4.69, 9.17) is 4.98 Å². The number of nitrogens with one attached hydrogen (secondary N) is 4. The number of ketones is 2. The Morgan fingerprint density at radius 2 is 1.16 bits per heavy atom. The van der Waals surface area contributed by atoms with Gasteiger partial charge in [-0.1, -0.05) is 6.07 Å². The summed E-state index contributed by atoms with van der Waals surface area (Å²) in [4.78, 5) is 55.3. The second kappa shape index (κ2) is 12.8. The highest BCUT2D eigenvalue weighted by Gasteiger charge is 2.18. The van der Waals surface area contributed by atoms with Crippen LogP contribution < -0.4 is 0 Å². The Morgan fingerprint density at radius 3 is 1.82 bits per heavy atom. The number of fused-ring (bicyclic) bond motifs is 4. The fourth-order valence-electron chi connectivity index (χ4n) is 7.10. The first-order valence-electron chi connectivity index (χ1n) is 17.6. The van der Waals surface area contributed by atoms with Gasteiger partial charge < -0.3 is 9.97 Å². The highest BCUT2D eigenvalue weighted by molar-refractivity contribution is 6.07. The van der Waals surface area contributed by atoms with Gasteiger partial charge in [0.25, 0.3) is 0 Å². The maximum atomic E-state index is 13.6. The number of H-pyrrole nitrogens is 4. The van der Waals surface area contributed by atoms with Crippen molar-refractivity contribution >= 4 is 55.2 Å². The number of hydrogen-bond donors (Lipinski definition) is 4. The molecule has 0 unspecified atom stereocenters. The van der Waals surface area contributed by atoms with Crippen molar-refractivity contribution in [2.24, 2.45) is 0 Å². The number of Topliss-reactive ketones (excluding diaryl/α,β-unsaturated/α-hetero) is 2. The van der Waals surface area contributed by atoms with Crippen LogP contribution in [0.25, 0.3) is 77.5 Å². The van der Waals surface area contributed by atoms with Gasteiger partial charge in [-0.15, -0.1) is 0 Å². The van der Waals surface area contributed by atoms with E-state index < -0.39 is 0 Å². The summed E-state index contributed by atoms with van der Waals surface area (Å²) >= 11 is 0. The summed E-state index contributed by atoms with van der Waals surface area (Å²) in [6, 6.07) is 26.8. The molecule has 0 aliphatic rings. The van der Waals surface area contributed by atoms with E-state index in [9.17, 15) is 9.59 Å². The molecular formula is C42H29N11O2. The van der Waals surface area contributed by atoms with Crippen molar-refractivity contribution in [2.75, 3.05) is 0 Å². The lowest BCUT2D eigenvalue weighted by Gasteiger charge is -2.06. The maximum absolute atomic E-state index is 13.6. The maximum Gasteiger partial charge on any atom is 0.184 e. The van der Waals surface area contributed by atoms with E-state index in [1.54, 1.807) is 37.8 Å². The van der Waals surface area contributed by atoms with Crippen LogP contribution in [0.1, 0.15) is 38.2 Å². The van der Waals surface area contributed by atoms with Gasteiger partial charge in [-0.3, -0.25) is 34.7 Å². The summed E-state index contributed by atoms with van der Waals surface area (Å²) in [5.74, 6) is 0.496. The zero-order chi connectivity index (χ0) is 37.0. The Hall–Kier alpha value is -7.67. The van der Waals surface area contributed by atoms with Crippen LogP contribution in [0.15, 0.2) is 110 Å². The van der Waals surface area contributed by atoms with Gasteiger partial charge in [0, 0.05) is 74.2 Å². The summed E-state index contributed by atoms with van der Waals surface area (Å²) in [5.41, 5.74) is 10.4. The van der Waals surface area contributed by atoms with Crippen LogP contribution >= 0.6 is 0 Å². The summed E-state index contributed by atoms with van der Waals surface area (Å²) in [6.07, 6.45) is 7.17. The van der Waals surface area contributed by atoms with Gasteiger partial charge in [0.15, 0.2) is 11.6 Å². The normalized spacial score (nSPS) is 11.7. The number of nitrogens with zero attached hydrogens (tertiary/aromatic N) is 7. The molecule has 10 aromatic rings. The van der Waals surface area contributed by atoms with Crippen molar-refractivity contribution in [1.82, 2.24) is 55.3 Å². The summed E-state index contributed by atoms with van der Waals surface area (Å²) in [5, 5.41) is 19.1. The monoisotopic (exact) mass is 719 g/mol. The Kier molecular flexibility index (Phi) is 7.44. The number of benzene rings is 2. The second-order valence-electron chi connectivity index (χ2n) is 13.5. The largest absolute Gasteiger partial charge is 0.352 e. The fraction of sp³-hybridized carbons (Fsp3) is 0.0714. The topological polar surface area (TPSA) is 188 Å². The van der Waals surface area contributed by atoms with Crippen molar-refractivity contribution in [1.29, 1.82) is 0 Å². The molecule has 8 heterocycles. The molecular weight excluding hydrogens is 691 g/mol. The highest BCUT2D eigenvalue weighted by atomic mass is 16.1. The zero-order valence-electron chi connectivity index (χ0n) is 29.3. The van der Waals surface area contributed by atoms with Crippen LogP contribution in [-0.2, 0) is 12.8 Å². The third-order valence-electron chi connectivity index (χ3n) is 9.78. The van der Waals surface area contributed by atoms with E-state index in [2.05, 4.69) is 50.3 Å². The molecule has 13 nitrogen and oxygen atoms in total. The van der Waals surface area contributed by atoms with Crippen LogP contribution in [0.3, 0.4) is 0 Å². The Morgan fingerprint density at radius 1 is 0.564 bits per heavy atom. The Bertz CT molecular complexity index is 3120. The molecule has 0 bridgehead atoms. The van der Waals surface area contributed by atoms with Crippen molar-refractivity contribution in [3.8, 4) is 33.9 Å². The smallest absolute Gasteiger partial charge is 0.184 e. The molecule has 8 aromatic heterocycles. The minimum absolute atomic E-state index is 0.0558. The molecule has 264 valence electrons. The molecule has 0 aliphatic heterocycles. The predicted molar refractivity (Wildman–Crippen MR) is 208 cm³/mol. The average molecular weight is 720 g/mol. The van der Waals surface area contributed by atoms with Crippen LogP contribution in [0, 0.1) is 6.92 Å². The van der Waals surface area contributed by atoms with Gasteiger partial charge in [-0.05, 0) is 85.8 Å². The summed E-state index contributed by atoms with van der Waals surface area (Å²) < 4.78 is 0. The van der Waals surface area contributed by atoms with Crippen LogP contribution in [-0.4, -0.2) is 66.8 Å². The molecule has 55 heavy (non-hydrogen) atoms. The van der Waals surface area contributed by atoms with Gasteiger partial charge in [0.1, 0.15) is 17.2 Å². The zero-order valence-corrected chi connectivity index (χ0v) is 29.3. The SMILES string of the molecule is Cc1nccc(CC(=O)c2cc3cc4c(-c5ccnc(-c6cccc(CC(=O)c7cc8cc9c(-c%10ccncc%10)n[nH]c9cc8[nH]7)n6)c5)n[nH]c4cc3[nH]2)n1. The van der Waals surface area contributed by atoms with Crippen molar-refractivity contribution in [3.05, 3.63) is 138 Å². The van der Waals surface area contributed by atoms with Gasteiger partial charge >= 0.3 is 0 Å². The molecule has 0 amide bonds. The number of aromatic nitrogens is 11. The minimum atomic E-state index is -0.0771. The second-order valence-corrected chi connectivity index (χ2v) is 13.5. The number of carbonyl (C=O) groups excluding carboxylic acids is 2. The molecule has 0 aliphatic carbocycles. The average Bonchev–Trinajstić information content (AvgIpc) is 4.01. The first-order chi connectivity index (χ1) is 26.9. The third kappa shape index (κ3) is 5.89. The quantitative estimate of drug-likeness (QED) is 0.109. The standard InChI is InChI=1S/C42H29N11O2/c1-22-44-12-8-28(46-22)19-40(55)38-17-26-14-30-35(21-33(26)49-38)51-53-42(30)24-7-11-45-36(15-24)31-4-2-3-27(47-31)18-39(54)37-16-25-13-29-34(20-32(25)48-37)50-52-41(29)23-5-9-43-10-6-23/h2-17,20-21,48-49H,18-19H2,1H3,(H,50,52)(H,51,53). The van der Waals surface area contributed by atoms with Gasteiger partial charge in [0.2, 0.25) is 0 Å². The van der Waals surface area contributed by atoms with E-state index in [0.717, 1.165) is 66.1 Å². The van der Waals surface area contributed by atoms with E-state index in [-0.39, 0.29) is 24.4 Å². The number of carbonyl (C=O) groups is 2. The van der Waals surface area contributed by atoms with Gasteiger partial charge in [-0.25, -0.2) is 9.97 Å². The third-order valence-corrected chi connectivity index (χ3v) is 9.78. The first-order valence-corrected chi connectivity index (χ1v) is 17.6. The van der Waals surface area contributed by atoms with Crippen molar-refractivity contribution < 1.29 is 9.59 Å². The molecule has 2 aromatic carbocycles. The van der Waals surface area contributed by atoms with E-state index in [1.807, 2.05) is 78.9 Å². The molecule has 0 radical (unpaired) electrons. The molecule has 10 rings (SSSR count). The predicted octanol–water partition coefficient (Wildman–Crippen LogP) is 7.54.